The van der Waals surface area contributed by atoms with E-state index in [-0.39, 0.29) is 12.7 Å². The van der Waals surface area contributed by atoms with E-state index < -0.39 is 5.92 Å². The largest absolute Gasteiger partial charge is 0.490 e. The normalized spacial score (nSPS) is 16.7. The Labute approximate surface area is 182 Å². The zero-order valence-electron chi connectivity index (χ0n) is 16.0. The molecule has 2 aliphatic heterocycles. The highest BCUT2D eigenvalue weighted by Gasteiger charge is 2.34. The molecule has 0 amide bonds. The minimum absolute atomic E-state index is 0.0747. The molecule has 4 rings (SSSR count). The average Bonchev–Trinajstić information content (AvgIpc) is 3.15. The maximum Gasteiger partial charge on any atom is 0.231 e. The number of ether oxygens (including phenoxy) is 5. The van der Waals surface area contributed by atoms with E-state index in [1.807, 2.05) is 32.0 Å². The van der Waals surface area contributed by atoms with E-state index in [1.165, 1.54) is 0 Å². The van der Waals surface area contributed by atoms with Crippen molar-refractivity contribution in [3.8, 4) is 34.8 Å². The van der Waals surface area contributed by atoms with Crippen LogP contribution in [0.3, 0.4) is 0 Å². The number of rotatable bonds is 5. The van der Waals surface area contributed by atoms with E-state index in [0.717, 1.165) is 14.7 Å². The van der Waals surface area contributed by atoms with Crippen molar-refractivity contribution in [3.05, 3.63) is 50.4 Å². The lowest BCUT2D eigenvalue weighted by Crippen LogP contribution is -2.21. The standard InChI is InChI=1S/C21H19IN2O5/c1-3-25-18-6-11(5-14(22)20(18)26-4-2)19-12-7-16-17(28-10-27-16)8-15(12)29-21(24)13(19)9-23/h5-8,19H,3-4,10,24H2,1-2H3/t19-/m0/s1. The molecule has 0 saturated carbocycles. The number of nitrogens with two attached hydrogens (primary N) is 1. The zero-order chi connectivity index (χ0) is 20.5. The Hall–Kier alpha value is -2.80. The van der Waals surface area contributed by atoms with E-state index in [1.54, 1.807) is 6.07 Å². The van der Waals surface area contributed by atoms with E-state index in [2.05, 4.69) is 28.7 Å². The van der Waals surface area contributed by atoms with E-state index in [9.17, 15) is 5.26 Å². The summed E-state index contributed by atoms with van der Waals surface area (Å²) in [6.07, 6.45) is 0. The SMILES string of the molecule is CCOc1cc([C@@H]2C(C#N)=C(N)Oc3cc4c(cc32)OCO4)cc(I)c1OCC. The highest BCUT2D eigenvalue weighted by molar-refractivity contribution is 14.1. The Morgan fingerprint density at radius 3 is 2.52 bits per heavy atom. The van der Waals surface area contributed by atoms with Crippen molar-refractivity contribution in [2.45, 2.75) is 19.8 Å². The number of hydrogen-bond acceptors (Lipinski definition) is 7. The van der Waals surface area contributed by atoms with Gasteiger partial charge in [0.05, 0.1) is 22.7 Å². The van der Waals surface area contributed by atoms with Crippen molar-refractivity contribution in [1.82, 2.24) is 0 Å². The number of allylic oxidation sites excluding steroid dienone is 1. The van der Waals surface area contributed by atoms with E-state index >= 15 is 0 Å². The van der Waals surface area contributed by atoms with Crippen LogP contribution in [-0.2, 0) is 0 Å². The summed E-state index contributed by atoms with van der Waals surface area (Å²) in [5.74, 6) is 2.70. The van der Waals surface area contributed by atoms with Gasteiger partial charge in [0.15, 0.2) is 23.0 Å². The molecule has 29 heavy (non-hydrogen) atoms. The third-order valence-corrected chi connectivity index (χ3v) is 5.47. The van der Waals surface area contributed by atoms with Crippen molar-refractivity contribution >= 4 is 22.6 Å². The van der Waals surface area contributed by atoms with Gasteiger partial charge in [-0.2, -0.15) is 5.26 Å². The van der Waals surface area contributed by atoms with Gasteiger partial charge in [-0.15, -0.1) is 0 Å². The van der Waals surface area contributed by atoms with Crippen LogP contribution in [0.5, 0.6) is 28.7 Å². The first-order valence-electron chi connectivity index (χ1n) is 9.17. The van der Waals surface area contributed by atoms with Crippen molar-refractivity contribution in [2.24, 2.45) is 5.73 Å². The number of hydrogen-bond donors (Lipinski definition) is 1. The van der Waals surface area contributed by atoms with Crippen LogP contribution in [0.4, 0.5) is 0 Å². The zero-order valence-corrected chi connectivity index (χ0v) is 18.1. The second kappa shape index (κ2) is 7.91. The molecule has 0 aliphatic carbocycles. The summed E-state index contributed by atoms with van der Waals surface area (Å²) in [4.78, 5) is 0. The summed E-state index contributed by atoms with van der Waals surface area (Å²) in [6, 6.07) is 9.66. The molecule has 8 heteroatoms. The number of nitrogens with zero attached hydrogens (tertiary/aromatic N) is 1. The van der Waals surface area contributed by atoms with E-state index in [4.69, 9.17) is 29.4 Å². The molecule has 2 aromatic rings. The Balaban J connectivity index is 1.90. The van der Waals surface area contributed by atoms with Crippen LogP contribution < -0.4 is 29.4 Å². The maximum atomic E-state index is 9.81. The average molecular weight is 506 g/mol. The van der Waals surface area contributed by atoms with E-state index in [0.29, 0.717) is 47.5 Å². The quantitative estimate of drug-likeness (QED) is 0.612. The predicted molar refractivity (Wildman–Crippen MR) is 113 cm³/mol. The molecule has 0 spiro atoms. The van der Waals surface area contributed by atoms with Crippen LogP contribution >= 0.6 is 22.6 Å². The van der Waals surface area contributed by atoms with Crippen LogP contribution in [0.25, 0.3) is 0 Å². The Bertz CT molecular complexity index is 1040. The van der Waals surface area contributed by atoms with Crippen LogP contribution in [0.15, 0.2) is 35.7 Å². The summed E-state index contributed by atoms with van der Waals surface area (Å²) in [5, 5.41) is 9.81. The van der Waals surface area contributed by atoms with Crippen LogP contribution in [0, 0.1) is 14.9 Å². The van der Waals surface area contributed by atoms with Crippen molar-refractivity contribution in [3.63, 3.8) is 0 Å². The first-order valence-corrected chi connectivity index (χ1v) is 10.2. The Morgan fingerprint density at radius 1 is 1.10 bits per heavy atom. The van der Waals surface area contributed by atoms with Gasteiger partial charge in [-0.1, -0.05) is 0 Å². The fourth-order valence-corrected chi connectivity index (χ4v) is 4.27. The maximum absolute atomic E-state index is 9.81. The molecule has 150 valence electrons. The van der Waals surface area contributed by atoms with Gasteiger partial charge < -0.3 is 29.4 Å². The monoisotopic (exact) mass is 506 g/mol. The molecule has 0 radical (unpaired) electrons. The molecule has 2 heterocycles. The molecule has 1 atom stereocenters. The van der Waals surface area contributed by atoms with Gasteiger partial charge in [0.1, 0.15) is 17.4 Å². The number of benzene rings is 2. The highest BCUT2D eigenvalue weighted by atomic mass is 127. The molecule has 7 nitrogen and oxygen atoms in total. The van der Waals surface area contributed by atoms with Gasteiger partial charge >= 0.3 is 0 Å². The minimum atomic E-state index is -0.429. The lowest BCUT2D eigenvalue weighted by Gasteiger charge is -2.27. The summed E-state index contributed by atoms with van der Waals surface area (Å²) in [6.45, 7) is 5.00. The topological polar surface area (TPSA) is 96.0 Å². The summed E-state index contributed by atoms with van der Waals surface area (Å²) >= 11 is 2.21. The van der Waals surface area contributed by atoms with Gasteiger partial charge in [-0.25, -0.2) is 0 Å². The molecular weight excluding hydrogens is 487 g/mol. The van der Waals surface area contributed by atoms with Crippen molar-refractivity contribution < 1.29 is 23.7 Å². The number of fused-ring (bicyclic) bond motifs is 2. The van der Waals surface area contributed by atoms with Crippen molar-refractivity contribution in [2.75, 3.05) is 20.0 Å². The number of halogens is 1. The molecule has 0 fully saturated rings. The smallest absolute Gasteiger partial charge is 0.231 e. The fourth-order valence-electron chi connectivity index (χ4n) is 3.49. The minimum Gasteiger partial charge on any atom is -0.490 e. The predicted octanol–water partition coefficient (Wildman–Crippen LogP) is 4.04. The van der Waals surface area contributed by atoms with Crippen LogP contribution in [0.1, 0.15) is 30.9 Å². The number of nitriles is 1. The van der Waals surface area contributed by atoms with Gasteiger partial charge in [-0.05, 0) is 60.2 Å². The summed E-state index contributed by atoms with van der Waals surface area (Å²) in [7, 11) is 0. The molecule has 0 unspecified atom stereocenters. The second-order valence-corrected chi connectivity index (χ2v) is 7.53. The lowest BCUT2D eigenvalue weighted by molar-refractivity contribution is 0.174. The van der Waals surface area contributed by atoms with Gasteiger partial charge in [0, 0.05) is 11.6 Å². The molecule has 2 aliphatic rings. The third kappa shape index (κ3) is 3.40. The highest BCUT2D eigenvalue weighted by Crippen LogP contribution is 2.49. The second-order valence-electron chi connectivity index (χ2n) is 6.36. The molecular formula is C21H19IN2O5. The Morgan fingerprint density at radius 2 is 1.83 bits per heavy atom. The van der Waals surface area contributed by atoms with Gasteiger partial charge in [0.25, 0.3) is 0 Å². The van der Waals surface area contributed by atoms with Crippen LogP contribution in [-0.4, -0.2) is 20.0 Å². The molecule has 2 N–H and O–H groups in total. The van der Waals surface area contributed by atoms with Gasteiger partial charge in [-0.3, -0.25) is 0 Å². The van der Waals surface area contributed by atoms with Gasteiger partial charge in [0.2, 0.25) is 12.7 Å². The van der Waals surface area contributed by atoms with Crippen molar-refractivity contribution in [1.29, 1.82) is 5.26 Å². The lowest BCUT2D eigenvalue weighted by atomic mass is 9.83. The molecule has 0 bridgehead atoms. The van der Waals surface area contributed by atoms with Crippen LogP contribution in [0.2, 0.25) is 0 Å². The molecule has 2 aromatic carbocycles. The first kappa shape index (κ1) is 19.5. The summed E-state index contributed by atoms with van der Waals surface area (Å²) < 4.78 is 29.2. The molecule has 0 saturated heterocycles. The Kier molecular flexibility index (Phi) is 5.32. The first-order chi connectivity index (χ1) is 14.1. The molecule has 0 aromatic heterocycles. The summed E-state index contributed by atoms with van der Waals surface area (Å²) in [5.41, 5.74) is 8.06. The third-order valence-electron chi connectivity index (χ3n) is 4.66. The fraction of sp³-hybridized carbons (Fsp3) is 0.286.